The molecule has 0 bridgehead atoms. The van der Waals surface area contributed by atoms with Crippen molar-refractivity contribution in [3.63, 3.8) is 0 Å². The Morgan fingerprint density at radius 3 is 2.42 bits per heavy atom. The van der Waals surface area contributed by atoms with E-state index in [1.54, 1.807) is 0 Å². The summed E-state index contributed by atoms with van der Waals surface area (Å²) in [5.74, 6) is -0.751. The van der Waals surface area contributed by atoms with Crippen molar-refractivity contribution >= 4 is 40.9 Å². The number of benzene rings is 2. The van der Waals surface area contributed by atoms with Gasteiger partial charge in [0.05, 0.1) is 5.69 Å². The smallest absolute Gasteiger partial charge is 0.250 e. The van der Waals surface area contributed by atoms with Gasteiger partial charge in [0.2, 0.25) is 11.8 Å². The second kappa shape index (κ2) is 9.56. The zero-order valence-electron chi connectivity index (χ0n) is 17.7. The van der Waals surface area contributed by atoms with Crippen molar-refractivity contribution in [1.82, 2.24) is 4.90 Å². The van der Waals surface area contributed by atoms with E-state index in [0.29, 0.717) is 18.8 Å². The predicted octanol–water partition coefficient (Wildman–Crippen LogP) is 3.84. The van der Waals surface area contributed by atoms with Gasteiger partial charge in [0.15, 0.2) is 5.25 Å². The number of thioether (sulfide) groups is 1. The Morgan fingerprint density at radius 2 is 1.68 bits per heavy atom. The van der Waals surface area contributed by atoms with Crippen LogP contribution >= 0.6 is 11.8 Å². The average molecular weight is 438 g/mol. The minimum Gasteiger partial charge on any atom is -0.341 e. The molecular formula is C24H27N3O3S. The number of anilines is 2. The van der Waals surface area contributed by atoms with E-state index in [2.05, 4.69) is 5.32 Å². The van der Waals surface area contributed by atoms with Crippen molar-refractivity contribution in [3.8, 4) is 0 Å². The van der Waals surface area contributed by atoms with Crippen molar-refractivity contribution in [2.45, 2.75) is 42.8 Å². The molecule has 2 aromatic carbocycles. The third-order valence-electron chi connectivity index (χ3n) is 5.75. The molecule has 0 saturated carbocycles. The Hall–Kier alpha value is -2.80. The van der Waals surface area contributed by atoms with Crippen LogP contribution in [-0.4, -0.2) is 47.5 Å². The van der Waals surface area contributed by atoms with Gasteiger partial charge in [0, 0.05) is 23.7 Å². The number of amides is 3. The summed E-state index contributed by atoms with van der Waals surface area (Å²) in [5.41, 5.74) is 2.35. The van der Waals surface area contributed by atoms with Crippen LogP contribution in [0.15, 0.2) is 53.4 Å². The van der Waals surface area contributed by atoms with Crippen LogP contribution < -0.4 is 10.2 Å². The lowest BCUT2D eigenvalue weighted by Crippen LogP contribution is -2.51. The van der Waals surface area contributed by atoms with Crippen molar-refractivity contribution in [1.29, 1.82) is 0 Å². The molecule has 1 saturated heterocycles. The van der Waals surface area contributed by atoms with E-state index in [1.165, 1.54) is 16.7 Å². The molecular weight excluding hydrogens is 410 g/mol. The van der Waals surface area contributed by atoms with Crippen LogP contribution in [0, 0.1) is 6.92 Å². The fourth-order valence-electron chi connectivity index (χ4n) is 4.04. The number of hydrogen-bond donors (Lipinski definition) is 1. The average Bonchev–Trinajstić information content (AvgIpc) is 3.06. The lowest BCUT2D eigenvalue weighted by molar-refractivity contribution is -0.135. The molecule has 1 unspecified atom stereocenters. The molecule has 2 aliphatic rings. The second-order valence-electron chi connectivity index (χ2n) is 7.99. The van der Waals surface area contributed by atoms with Crippen LogP contribution in [0.3, 0.4) is 0 Å². The van der Waals surface area contributed by atoms with Crippen LogP contribution in [0.25, 0.3) is 0 Å². The first-order chi connectivity index (χ1) is 15.0. The molecule has 1 atom stereocenters. The van der Waals surface area contributed by atoms with Gasteiger partial charge in [-0.05, 0) is 43.5 Å². The summed E-state index contributed by atoms with van der Waals surface area (Å²) in [4.78, 5) is 43.6. The molecule has 1 fully saturated rings. The monoisotopic (exact) mass is 437 g/mol. The zero-order valence-corrected chi connectivity index (χ0v) is 18.5. The number of nitrogens with zero attached hydrogens (tertiary/aromatic N) is 2. The Balaban J connectivity index is 1.55. The standard InChI is InChI=1S/C24H27N3O3S/c1-17-10-4-5-11-18(17)25-21(28)16-27-19-12-6-7-13-20(19)31-22(24(27)30)23(29)26-14-8-2-3-9-15-26/h4-7,10-13,22H,2-3,8-9,14-16H2,1H3,(H,25,28). The number of nitrogens with one attached hydrogen (secondary N) is 1. The summed E-state index contributed by atoms with van der Waals surface area (Å²) >= 11 is 1.30. The van der Waals surface area contributed by atoms with Gasteiger partial charge in [0.1, 0.15) is 6.54 Å². The molecule has 2 heterocycles. The van der Waals surface area contributed by atoms with Crippen molar-refractivity contribution < 1.29 is 14.4 Å². The van der Waals surface area contributed by atoms with Crippen LogP contribution in [0.5, 0.6) is 0 Å². The van der Waals surface area contributed by atoms with Gasteiger partial charge < -0.3 is 15.1 Å². The number of carbonyl (C=O) groups is 3. The SMILES string of the molecule is Cc1ccccc1NC(=O)CN1C(=O)C(C(=O)N2CCCCCC2)Sc2ccccc21. The number of hydrogen-bond acceptors (Lipinski definition) is 4. The number of aryl methyl sites for hydroxylation is 1. The zero-order chi connectivity index (χ0) is 21.8. The Morgan fingerprint density at radius 1 is 1.00 bits per heavy atom. The summed E-state index contributed by atoms with van der Waals surface area (Å²) in [6, 6.07) is 15.0. The third kappa shape index (κ3) is 4.77. The van der Waals surface area contributed by atoms with E-state index in [4.69, 9.17) is 0 Å². The fraction of sp³-hybridized carbons (Fsp3) is 0.375. The third-order valence-corrected chi connectivity index (χ3v) is 6.99. The van der Waals surface area contributed by atoms with Crippen LogP contribution in [-0.2, 0) is 14.4 Å². The van der Waals surface area contributed by atoms with Gasteiger partial charge in [-0.15, -0.1) is 11.8 Å². The van der Waals surface area contributed by atoms with Gasteiger partial charge in [-0.25, -0.2) is 0 Å². The van der Waals surface area contributed by atoms with Gasteiger partial charge in [0.25, 0.3) is 5.91 Å². The normalized spacial score (nSPS) is 18.9. The molecule has 7 heteroatoms. The Labute approximate surface area is 187 Å². The van der Waals surface area contributed by atoms with E-state index >= 15 is 0 Å². The molecule has 31 heavy (non-hydrogen) atoms. The van der Waals surface area contributed by atoms with E-state index in [-0.39, 0.29) is 24.3 Å². The largest absolute Gasteiger partial charge is 0.341 e. The number of para-hydroxylation sites is 2. The first-order valence-corrected chi connectivity index (χ1v) is 11.6. The van der Waals surface area contributed by atoms with Crippen molar-refractivity contribution in [2.75, 3.05) is 29.9 Å². The van der Waals surface area contributed by atoms with Gasteiger partial charge in [-0.1, -0.05) is 43.2 Å². The molecule has 2 aromatic rings. The number of likely N-dealkylation sites (tertiary alicyclic amines) is 1. The molecule has 0 aliphatic carbocycles. The molecule has 1 N–H and O–H groups in total. The molecule has 0 radical (unpaired) electrons. The summed E-state index contributed by atoms with van der Waals surface area (Å²) in [6.07, 6.45) is 4.17. The highest BCUT2D eigenvalue weighted by molar-refractivity contribution is 8.01. The van der Waals surface area contributed by atoms with Gasteiger partial charge in [-0.3, -0.25) is 14.4 Å². The van der Waals surface area contributed by atoms with Gasteiger partial charge >= 0.3 is 0 Å². The maximum Gasteiger partial charge on any atom is 0.250 e. The highest BCUT2D eigenvalue weighted by atomic mass is 32.2. The van der Waals surface area contributed by atoms with E-state index in [0.717, 1.165) is 41.8 Å². The highest BCUT2D eigenvalue weighted by Crippen LogP contribution is 2.39. The number of fused-ring (bicyclic) bond motifs is 1. The molecule has 0 spiro atoms. The first kappa shape index (κ1) is 21.4. The molecule has 3 amide bonds. The minimum absolute atomic E-state index is 0.130. The molecule has 6 nitrogen and oxygen atoms in total. The van der Waals surface area contributed by atoms with Crippen molar-refractivity contribution in [2.24, 2.45) is 0 Å². The highest BCUT2D eigenvalue weighted by Gasteiger charge is 2.40. The molecule has 4 rings (SSSR count). The number of rotatable bonds is 4. The summed E-state index contributed by atoms with van der Waals surface area (Å²) < 4.78 is 0. The Kier molecular flexibility index (Phi) is 6.61. The molecule has 162 valence electrons. The first-order valence-electron chi connectivity index (χ1n) is 10.8. The lowest BCUT2D eigenvalue weighted by atomic mass is 10.2. The summed E-state index contributed by atoms with van der Waals surface area (Å²) in [6.45, 7) is 3.18. The van der Waals surface area contributed by atoms with Gasteiger partial charge in [-0.2, -0.15) is 0 Å². The number of carbonyl (C=O) groups excluding carboxylic acids is 3. The summed E-state index contributed by atoms with van der Waals surface area (Å²) in [7, 11) is 0. The maximum absolute atomic E-state index is 13.4. The van der Waals surface area contributed by atoms with Crippen LogP contribution in [0.4, 0.5) is 11.4 Å². The van der Waals surface area contributed by atoms with E-state index in [1.807, 2.05) is 60.4 Å². The predicted molar refractivity (Wildman–Crippen MR) is 123 cm³/mol. The summed E-state index contributed by atoms with van der Waals surface area (Å²) in [5, 5.41) is 2.04. The fourth-order valence-corrected chi connectivity index (χ4v) is 5.23. The van der Waals surface area contributed by atoms with Crippen LogP contribution in [0.2, 0.25) is 0 Å². The van der Waals surface area contributed by atoms with Crippen LogP contribution in [0.1, 0.15) is 31.2 Å². The maximum atomic E-state index is 13.4. The molecule has 2 aliphatic heterocycles. The topological polar surface area (TPSA) is 69.7 Å². The van der Waals surface area contributed by atoms with E-state index in [9.17, 15) is 14.4 Å². The molecule has 0 aromatic heterocycles. The second-order valence-corrected chi connectivity index (χ2v) is 9.14. The lowest BCUT2D eigenvalue weighted by Gasteiger charge is -2.34. The van der Waals surface area contributed by atoms with Crippen molar-refractivity contribution in [3.05, 3.63) is 54.1 Å². The van der Waals surface area contributed by atoms with E-state index < -0.39 is 5.25 Å². The minimum atomic E-state index is -0.848. The Bertz CT molecular complexity index is 986. The quantitative estimate of drug-likeness (QED) is 0.738.